The van der Waals surface area contributed by atoms with E-state index in [9.17, 15) is 10.1 Å². The van der Waals surface area contributed by atoms with Crippen LogP contribution in [-0.2, 0) is 6.54 Å². The Labute approximate surface area is 170 Å². The molecule has 0 aliphatic carbocycles. The lowest BCUT2D eigenvalue weighted by Crippen LogP contribution is -2.04. The molecule has 0 radical (unpaired) electrons. The van der Waals surface area contributed by atoms with E-state index in [0.717, 1.165) is 16.6 Å². The summed E-state index contributed by atoms with van der Waals surface area (Å²) in [5.41, 5.74) is 4.51. The number of nitro groups is 1. The third-order valence-electron chi connectivity index (χ3n) is 4.76. The Morgan fingerprint density at radius 3 is 2.40 bits per heavy atom. The molecule has 5 aromatic rings. The molecule has 0 unspecified atom stereocenters. The van der Waals surface area contributed by atoms with Gasteiger partial charge in [-0.25, -0.2) is 9.67 Å². The second kappa shape index (κ2) is 7.25. The van der Waals surface area contributed by atoms with Gasteiger partial charge >= 0.3 is 0 Å². The quantitative estimate of drug-likeness (QED) is 0.314. The largest absolute Gasteiger partial charge is 0.435 e. The first-order chi connectivity index (χ1) is 14.7. The molecule has 0 bridgehead atoms. The zero-order valence-corrected chi connectivity index (χ0v) is 15.7. The molecule has 0 aliphatic heterocycles. The zero-order valence-electron chi connectivity index (χ0n) is 15.7. The number of fused-ring (bicyclic) bond motifs is 1. The molecule has 0 saturated heterocycles. The van der Waals surface area contributed by atoms with Crippen molar-refractivity contribution in [2.24, 2.45) is 0 Å². The fraction of sp³-hybridized carbons (Fsp3) is 0.0455. The highest BCUT2D eigenvalue weighted by molar-refractivity contribution is 5.80. The lowest BCUT2D eigenvalue weighted by atomic mass is 10.1. The van der Waals surface area contributed by atoms with Crippen molar-refractivity contribution in [2.75, 3.05) is 0 Å². The summed E-state index contributed by atoms with van der Waals surface area (Å²) in [5.74, 6) is 0.418. The van der Waals surface area contributed by atoms with Crippen LogP contribution in [0.3, 0.4) is 0 Å². The van der Waals surface area contributed by atoms with Crippen LogP contribution in [0.4, 0.5) is 5.69 Å². The van der Waals surface area contributed by atoms with Gasteiger partial charge in [0, 0.05) is 17.7 Å². The lowest BCUT2D eigenvalue weighted by molar-refractivity contribution is -0.384. The summed E-state index contributed by atoms with van der Waals surface area (Å²) >= 11 is 0. The van der Waals surface area contributed by atoms with Gasteiger partial charge in [-0.3, -0.25) is 10.1 Å². The number of hydrogen-bond donors (Lipinski definition) is 0. The van der Waals surface area contributed by atoms with E-state index in [4.69, 9.17) is 4.42 Å². The smallest absolute Gasteiger partial charge is 0.269 e. The standard InChI is InChI=1S/C22H15N5O3/c28-27(29)17-12-10-15(11-13-17)14-26-21(20(24-25-26)16-6-2-1-3-7-16)22-23-18-8-4-5-9-19(18)30-22/h1-13H,14H2. The van der Waals surface area contributed by atoms with Crippen molar-refractivity contribution >= 4 is 16.8 Å². The van der Waals surface area contributed by atoms with Crippen molar-refractivity contribution in [3.05, 3.63) is 94.5 Å². The summed E-state index contributed by atoms with van der Waals surface area (Å²) in [5, 5.41) is 19.6. The minimum absolute atomic E-state index is 0.0430. The maximum Gasteiger partial charge on any atom is 0.269 e. The van der Waals surface area contributed by atoms with E-state index in [-0.39, 0.29) is 5.69 Å². The number of aromatic nitrogens is 4. The van der Waals surface area contributed by atoms with Crippen molar-refractivity contribution in [3.63, 3.8) is 0 Å². The first-order valence-electron chi connectivity index (χ1n) is 9.27. The minimum atomic E-state index is -0.420. The molecule has 30 heavy (non-hydrogen) atoms. The van der Waals surface area contributed by atoms with Crippen LogP contribution in [0.15, 0.2) is 83.3 Å². The number of non-ortho nitro benzene ring substituents is 1. The Morgan fingerprint density at radius 1 is 0.933 bits per heavy atom. The lowest BCUT2D eigenvalue weighted by Gasteiger charge is -2.06. The fourth-order valence-corrected chi connectivity index (χ4v) is 3.30. The highest BCUT2D eigenvalue weighted by atomic mass is 16.6. The van der Waals surface area contributed by atoms with Crippen LogP contribution in [-0.4, -0.2) is 24.9 Å². The summed E-state index contributed by atoms with van der Waals surface area (Å²) < 4.78 is 7.70. The molecular formula is C22H15N5O3. The van der Waals surface area contributed by atoms with Gasteiger partial charge in [-0.05, 0) is 17.7 Å². The summed E-state index contributed by atoms with van der Waals surface area (Å²) in [6, 6.07) is 23.6. The monoisotopic (exact) mass is 397 g/mol. The molecule has 0 N–H and O–H groups in total. The molecule has 5 rings (SSSR count). The first kappa shape index (κ1) is 17.7. The minimum Gasteiger partial charge on any atom is -0.435 e. The summed E-state index contributed by atoms with van der Waals surface area (Å²) in [6.07, 6.45) is 0. The maximum absolute atomic E-state index is 10.9. The van der Waals surface area contributed by atoms with Crippen molar-refractivity contribution in [2.45, 2.75) is 6.54 Å². The van der Waals surface area contributed by atoms with Crippen LogP contribution in [0.5, 0.6) is 0 Å². The van der Waals surface area contributed by atoms with Crippen LogP contribution in [0, 0.1) is 10.1 Å². The van der Waals surface area contributed by atoms with E-state index in [1.54, 1.807) is 16.8 Å². The van der Waals surface area contributed by atoms with E-state index in [1.807, 2.05) is 54.6 Å². The SMILES string of the molecule is O=[N+]([O-])c1ccc(Cn2nnc(-c3ccccc3)c2-c2nc3ccccc3o2)cc1. The van der Waals surface area contributed by atoms with Gasteiger partial charge in [0.1, 0.15) is 11.2 Å². The van der Waals surface area contributed by atoms with Crippen molar-refractivity contribution in [1.82, 2.24) is 20.0 Å². The summed E-state index contributed by atoms with van der Waals surface area (Å²) in [7, 11) is 0. The van der Waals surface area contributed by atoms with Gasteiger partial charge < -0.3 is 4.42 Å². The van der Waals surface area contributed by atoms with Crippen molar-refractivity contribution in [1.29, 1.82) is 0 Å². The van der Waals surface area contributed by atoms with Crippen LogP contribution >= 0.6 is 0 Å². The zero-order chi connectivity index (χ0) is 20.5. The molecule has 0 spiro atoms. The van der Waals surface area contributed by atoms with E-state index in [2.05, 4.69) is 15.3 Å². The molecule has 3 aromatic carbocycles. The van der Waals surface area contributed by atoms with Crippen LogP contribution in [0.1, 0.15) is 5.56 Å². The van der Waals surface area contributed by atoms with Crippen LogP contribution < -0.4 is 0 Å². The number of oxazole rings is 1. The van der Waals surface area contributed by atoms with E-state index in [0.29, 0.717) is 29.4 Å². The molecule has 0 saturated carbocycles. The molecule has 0 atom stereocenters. The highest BCUT2D eigenvalue weighted by Gasteiger charge is 2.22. The summed E-state index contributed by atoms with van der Waals surface area (Å²) in [6.45, 7) is 0.367. The van der Waals surface area contributed by atoms with Crippen molar-refractivity contribution < 1.29 is 9.34 Å². The molecular weight excluding hydrogens is 382 g/mol. The number of nitrogens with zero attached hydrogens (tertiary/aromatic N) is 5. The predicted molar refractivity (Wildman–Crippen MR) is 111 cm³/mol. The van der Waals surface area contributed by atoms with Gasteiger partial charge in [0.25, 0.3) is 5.69 Å². The van der Waals surface area contributed by atoms with E-state index < -0.39 is 4.92 Å². The molecule has 8 heteroatoms. The maximum atomic E-state index is 10.9. The number of hydrogen-bond acceptors (Lipinski definition) is 6. The Balaban J connectivity index is 1.62. The van der Waals surface area contributed by atoms with Gasteiger partial charge in [0.2, 0.25) is 5.89 Å². The Kier molecular flexibility index (Phi) is 4.29. The number of benzene rings is 3. The van der Waals surface area contributed by atoms with Gasteiger partial charge in [-0.2, -0.15) is 0 Å². The topological polar surface area (TPSA) is 99.9 Å². The van der Waals surface area contributed by atoms with E-state index in [1.165, 1.54) is 12.1 Å². The van der Waals surface area contributed by atoms with E-state index >= 15 is 0 Å². The molecule has 8 nitrogen and oxygen atoms in total. The first-order valence-corrected chi connectivity index (χ1v) is 9.27. The average Bonchev–Trinajstić information content (AvgIpc) is 3.38. The molecule has 2 heterocycles. The normalized spacial score (nSPS) is 11.1. The second-order valence-electron chi connectivity index (χ2n) is 6.72. The van der Waals surface area contributed by atoms with Gasteiger partial charge in [0.05, 0.1) is 11.5 Å². The number of para-hydroxylation sites is 2. The predicted octanol–water partition coefficient (Wildman–Crippen LogP) is 4.71. The van der Waals surface area contributed by atoms with Crippen LogP contribution in [0.2, 0.25) is 0 Å². The van der Waals surface area contributed by atoms with Crippen molar-refractivity contribution in [3.8, 4) is 22.8 Å². The number of nitro benzene ring substituents is 1. The molecule has 0 fully saturated rings. The third-order valence-corrected chi connectivity index (χ3v) is 4.76. The van der Waals surface area contributed by atoms with Gasteiger partial charge in [-0.15, -0.1) is 5.10 Å². The van der Waals surface area contributed by atoms with Crippen LogP contribution in [0.25, 0.3) is 33.9 Å². The average molecular weight is 397 g/mol. The Morgan fingerprint density at radius 2 is 1.67 bits per heavy atom. The molecule has 146 valence electrons. The van der Waals surface area contributed by atoms with Gasteiger partial charge in [-0.1, -0.05) is 59.8 Å². The molecule has 2 aromatic heterocycles. The Hall–Kier alpha value is -4.33. The Bertz CT molecular complexity index is 1310. The second-order valence-corrected chi connectivity index (χ2v) is 6.72. The van der Waals surface area contributed by atoms with Gasteiger partial charge in [0.15, 0.2) is 11.3 Å². The summed E-state index contributed by atoms with van der Waals surface area (Å²) in [4.78, 5) is 15.1. The highest BCUT2D eigenvalue weighted by Crippen LogP contribution is 2.32. The molecule has 0 aliphatic rings. The third kappa shape index (κ3) is 3.20. The number of rotatable bonds is 5. The molecule has 0 amide bonds. The fourth-order valence-electron chi connectivity index (χ4n) is 3.30.